The number of carbonyl (C=O) groups is 3. The Morgan fingerprint density at radius 2 is 1.67 bits per heavy atom. The standard InChI is InChI=1S/C10H18N2O6/c1-6(2)3-12(10(11)18,5-8(14)15)4-7(13)9(16)17/h6-7,13H,3-5H2,1-2H3,(H3-,11,14,15,16,17,18)/p+1. The molecule has 18 heavy (non-hydrogen) atoms. The molecule has 0 aliphatic carbocycles. The predicted molar refractivity (Wildman–Crippen MR) is 60.6 cm³/mol. The minimum absolute atomic E-state index is 0.0476. The molecule has 0 heterocycles. The van der Waals surface area contributed by atoms with Crippen molar-refractivity contribution in [1.82, 2.24) is 0 Å². The van der Waals surface area contributed by atoms with Gasteiger partial charge in [0.25, 0.3) is 0 Å². The number of carbonyl (C=O) groups excluding carboxylic acids is 1. The van der Waals surface area contributed by atoms with Gasteiger partial charge in [0.05, 0.1) is 6.54 Å². The topological polar surface area (TPSA) is 138 Å². The molecule has 0 radical (unpaired) electrons. The van der Waals surface area contributed by atoms with Gasteiger partial charge in [0, 0.05) is 5.92 Å². The van der Waals surface area contributed by atoms with Gasteiger partial charge in [-0.1, -0.05) is 13.8 Å². The fraction of sp³-hybridized carbons (Fsp3) is 0.700. The first kappa shape index (κ1) is 16.3. The third-order valence-corrected chi connectivity index (χ3v) is 2.43. The van der Waals surface area contributed by atoms with E-state index < -0.39 is 41.6 Å². The number of aliphatic hydroxyl groups is 1. The molecule has 0 fully saturated rings. The van der Waals surface area contributed by atoms with E-state index in [9.17, 15) is 19.5 Å². The van der Waals surface area contributed by atoms with Crippen molar-refractivity contribution in [1.29, 1.82) is 0 Å². The highest BCUT2D eigenvalue weighted by molar-refractivity contribution is 5.75. The number of aliphatic carboxylic acids is 2. The maximum absolute atomic E-state index is 11.5. The number of hydrogen-bond acceptors (Lipinski definition) is 4. The van der Waals surface area contributed by atoms with Crippen LogP contribution in [0, 0.1) is 5.92 Å². The minimum Gasteiger partial charge on any atom is -0.479 e. The third-order valence-electron chi connectivity index (χ3n) is 2.43. The van der Waals surface area contributed by atoms with Gasteiger partial charge in [0.1, 0.15) is 6.54 Å². The number of nitrogens with zero attached hydrogens (tertiary/aromatic N) is 1. The zero-order chi connectivity index (χ0) is 14.5. The van der Waals surface area contributed by atoms with Gasteiger partial charge < -0.3 is 21.1 Å². The first-order valence-corrected chi connectivity index (χ1v) is 5.39. The first-order valence-electron chi connectivity index (χ1n) is 5.39. The fourth-order valence-electron chi connectivity index (χ4n) is 1.83. The van der Waals surface area contributed by atoms with Crippen molar-refractivity contribution in [2.45, 2.75) is 20.0 Å². The SMILES string of the molecule is CC(C)C[N+](CC(=O)O)(CC(O)C(=O)O)C(N)=O. The van der Waals surface area contributed by atoms with Crippen LogP contribution in [0.25, 0.3) is 0 Å². The van der Waals surface area contributed by atoms with E-state index in [0.29, 0.717) is 0 Å². The molecule has 2 amide bonds. The summed E-state index contributed by atoms with van der Waals surface area (Å²) in [4.78, 5) is 32.9. The van der Waals surface area contributed by atoms with Crippen LogP contribution >= 0.6 is 0 Å². The van der Waals surface area contributed by atoms with E-state index in [1.54, 1.807) is 13.8 Å². The zero-order valence-corrected chi connectivity index (χ0v) is 10.4. The van der Waals surface area contributed by atoms with Gasteiger partial charge in [0.2, 0.25) is 6.10 Å². The van der Waals surface area contributed by atoms with Gasteiger partial charge in [-0.25, -0.2) is 18.9 Å². The lowest BCUT2D eigenvalue weighted by atomic mass is 10.1. The smallest absolute Gasteiger partial charge is 0.414 e. The summed E-state index contributed by atoms with van der Waals surface area (Å²) in [5, 5.41) is 26.8. The van der Waals surface area contributed by atoms with Crippen molar-refractivity contribution in [3.8, 4) is 0 Å². The van der Waals surface area contributed by atoms with Crippen molar-refractivity contribution >= 4 is 18.0 Å². The van der Waals surface area contributed by atoms with E-state index in [1.807, 2.05) is 0 Å². The number of amides is 2. The number of nitrogens with two attached hydrogens (primary N) is 1. The Bertz CT molecular complexity index is 343. The average Bonchev–Trinajstić information content (AvgIpc) is 2.14. The molecule has 0 aliphatic heterocycles. The molecule has 8 heteroatoms. The van der Waals surface area contributed by atoms with E-state index in [1.165, 1.54) is 0 Å². The van der Waals surface area contributed by atoms with Gasteiger partial charge >= 0.3 is 18.0 Å². The average molecular weight is 263 g/mol. The maximum Gasteiger partial charge on any atom is 0.414 e. The number of aliphatic hydroxyl groups excluding tert-OH is 1. The number of carboxylic acids is 2. The monoisotopic (exact) mass is 263 g/mol. The van der Waals surface area contributed by atoms with E-state index in [2.05, 4.69) is 0 Å². The van der Waals surface area contributed by atoms with E-state index in [4.69, 9.17) is 15.9 Å². The Labute approximate surface area is 104 Å². The lowest BCUT2D eigenvalue weighted by molar-refractivity contribution is -0.847. The molecule has 0 aromatic rings. The van der Waals surface area contributed by atoms with Gasteiger partial charge in [-0.3, -0.25) is 0 Å². The highest BCUT2D eigenvalue weighted by Gasteiger charge is 2.41. The fourth-order valence-corrected chi connectivity index (χ4v) is 1.83. The molecule has 0 aromatic carbocycles. The molecule has 2 unspecified atom stereocenters. The minimum atomic E-state index is -1.84. The van der Waals surface area contributed by atoms with Crippen LogP contribution in [0.4, 0.5) is 4.79 Å². The quantitative estimate of drug-likeness (QED) is 0.438. The van der Waals surface area contributed by atoms with Gasteiger partial charge in [-0.2, -0.15) is 0 Å². The lowest BCUT2D eigenvalue weighted by Crippen LogP contribution is -2.63. The molecule has 0 aliphatic rings. The summed E-state index contributed by atoms with van der Waals surface area (Å²) in [5.41, 5.74) is 5.18. The summed E-state index contributed by atoms with van der Waals surface area (Å²) in [6.45, 7) is 2.31. The van der Waals surface area contributed by atoms with Crippen molar-refractivity contribution in [2.24, 2.45) is 11.7 Å². The highest BCUT2D eigenvalue weighted by atomic mass is 16.4. The maximum atomic E-state index is 11.5. The molecule has 5 N–H and O–H groups in total. The first-order chi connectivity index (χ1) is 8.10. The Morgan fingerprint density at radius 3 is 1.94 bits per heavy atom. The van der Waals surface area contributed by atoms with E-state index >= 15 is 0 Å². The summed E-state index contributed by atoms with van der Waals surface area (Å²) in [6.07, 6.45) is -1.84. The Kier molecular flexibility index (Phi) is 5.73. The van der Waals surface area contributed by atoms with Crippen LogP contribution in [0.5, 0.6) is 0 Å². The van der Waals surface area contributed by atoms with Crippen LogP contribution in [0.2, 0.25) is 0 Å². The predicted octanol–water partition coefficient (Wildman–Crippen LogP) is -0.932. The van der Waals surface area contributed by atoms with Crippen LogP contribution < -0.4 is 5.73 Å². The zero-order valence-electron chi connectivity index (χ0n) is 10.4. The van der Waals surface area contributed by atoms with Gasteiger partial charge in [0.15, 0.2) is 6.54 Å². The van der Waals surface area contributed by atoms with Crippen molar-refractivity contribution < 1.29 is 34.2 Å². The highest BCUT2D eigenvalue weighted by Crippen LogP contribution is 2.13. The van der Waals surface area contributed by atoms with Crippen LogP contribution in [0.15, 0.2) is 0 Å². The number of primary amides is 1. The van der Waals surface area contributed by atoms with Crippen molar-refractivity contribution in [3.63, 3.8) is 0 Å². The molecule has 2 atom stereocenters. The summed E-state index contributed by atoms with van der Waals surface area (Å²) < 4.78 is -0.791. The van der Waals surface area contributed by atoms with Crippen LogP contribution in [0.1, 0.15) is 13.8 Å². The second kappa shape index (κ2) is 6.31. The van der Waals surface area contributed by atoms with Crippen LogP contribution in [-0.4, -0.2) is 63.5 Å². The summed E-state index contributed by atoms with van der Waals surface area (Å²) >= 11 is 0. The lowest BCUT2D eigenvalue weighted by Gasteiger charge is -2.34. The number of carboxylic acid groups (broad SMARTS) is 2. The molecule has 0 saturated heterocycles. The van der Waals surface area contributed by atoms with Gasteiger partial charge in [-0.15, -0.1) is 0 Å². The normalized spacial score (nSPS) is 16.0. The molecule has 0 spiro atoms. The Hall–Kier alpha value is -1.67. The molecular weight excluding hydrogens is 244 g/mol. The Morgan fingerprint density at radius 1 is 1.17 bits per heavy atom. The molecule has 8 nitrogen and oxygen atoms in total. The van der Waals surface area contributed by atoms with Crippen LogP contribution in [-0.2, 0) is 9.59 Å². The second-order valence-electron chi connectivity index (χ2n) is 4.65. The number of quaternary nitrogens is 1. The summed E-state index contributed by atoms with van der Waals surface area (Å²) in [5.74, 6) is -2.89. The van der Waals surface area contributed by atoms with Crippen LogP contribution in [0.3, 0.4) is 0 Å². The number of urea groups is 1. The molecule has 0 rings (SSSR count). The molecule has 0 bridgehead atoms. The van der Waals surface area contributed by atoms with Crippen molar-refractivity contribution in [3.05, 3.63) is 0 Å². The number of rotatable bonds is 7. The molecule has 104 valence electrons. The molecule has 0 aromatic heterocycles. The summed E-state index contributed by atoms with van der Waals surface area (Å²) in [6, 6.07) is -0.966. The molecular formula is C10H19N2O6+. The summed E-state index contributed by atoms with van der Waals surface area (Å²) in [7, 11) is 0. The van der Waals surface area contributed by atoms with Crippen molar-refractivity contribution in [2.75, 3.05) is 19.6 Å². The van der Waals surface area contributed by atoms with E-state index in [0.717, 1.165) is 0 Å². The largest absolute Gasteiger partial charge is 0.479 e. The third kappa shape index (κ3) is 4.68. The number of hydrogen-bond donors (Lipinski definition) is 4. The molecule has 0 saturated carbocycles. The second-order valence-corrected chi connectivity index (χ2v) is 4.65. The van der Waals surface area contributed by atoms with E-state index in [-0.39, 0.29) is 12.5 Å². The Balaban J connectivity index is 5.24. The van der Waals surface area contributed by atoms with Gasteiger partial charge in [-0.05, 0) is 0 Å².